The van der Waals surface area contributed by atoms with Gasteiger partial charge in [0.1, 0.15) is 22.6 Å². The van der Waals surface area contributed by atoms with Crippen LogP contribution in [-0.2, 0) is 6.42 Å². The van der Waals surface area contributed by atoms with Crippen molar-refractivity contribution in [3.05, 3.63) is 78.4 Å². The van der Waals surface area contributed by atoms with E-state index in [0.717, 1.165) is 17.4 Å². The molecule has 7 heteroatoms. The third kappa shape index (κ3) is 5.89. The summed E-state index contributed by atoms with van der Waals surface area (Å²) in [5, 5.41) is 14.2. The number of fused-ring (bicyclic) bond motifs is 1. The number of rotatable bonds is 6. The van der Waals surface area contributed by atoms with Crippen LogP contribution in [0.25, 0.3) is 22.3 Å². The second-order valence-corrected chi connectivity index (χ2v) is 8.33. The molecule has 0 saturated carbocycles. The summed E-state index contributed by atoms with van der Waals surface area (Å²) in [6.07, 6.45) is 5.81. The van der Waals surface area contributed by atoms with Gasteiger partial charge in [0.2, 0.25) is 0 Å². The second kappa shape index (κ2) is 9.74. The molecule has 0 aliphatic heterocycles. The van der Waals surface area contributed by atoms with Crippen molar-refractivity contribution in [2.75, 3.05) is 11.9 Å². The number of benzene rings is 1. The average molecular weight is 439 g/mol. The zero-order valence-corrected chi connectivity index (χ0v) is 18.7. The first-order valence-corrected chi connectivity index (χ1v) is 10.7. The van der Waals surface area contributed by atoms with Crippen LogP contribution in [0.15, 0.2) is 67.1 Å². The standard InChI is InChI=1S/C26H26N6O/c1-26(2,33)12-8-22-23-21(11-15-29-22)25(32-24(31-23)19-9-13-28-14-10-19)30-17-20(27)16-18-6-4-3-5-7-18/h3-7,9-11,13-15,20,33H,16-17,27H2,1-2H3,(H,30,31,32)/t20-/m0/s1. The van der Waals surface area contributed by atoms with Gasteiger partial charge in [-0.1, -0.05) is 36.3 Å². The highest BCUT2D eigenvalue weighted by atomic mass is 16.3. The van der Waals surface area contributed by atoms with Crippen LogP contribution in [0.2, 0.25) is 0 Å². The maximum Gasteiger partial charge on any atom is 0.162 e. The monoisotopic (exact) mass is 438 g/mol. The molecule has 0 saturated heterocycles. The number of anilines is 1. The Hall–Kier alpha value is -3.86. The topological polar surface area (TPSA) is 110 Å². The van der Waals surface area contributed by atoms with E-state index in [1.807, 2.05) is 36.4 Å². The number of nitrogens with two attached hydrogens (primary N) is 1. The molecule has 33 heavy (non-hydrogen) atoms. The summed E-state index contributed by atoms with van der Waals surface area (Å²) in [5.74, 6) is 6.97. The molecule has 0 spiro atoms. The number of hydrogen-bond acceptors (Lipinski definition) is 7. The van der Waals surface area contributed by atoms with Crippen LogP contribution < -0.4 is 11.1 Å². The van der Waals surface area contributed by atoms with E-state index in [-0.39, 0.29) is 6.04 Å². The van der Waals surface area contributed by atoms with Crippen molar-refractivity contribution in [1.82, 2.24) is 19.9 Å². The molecule has 0 radical (unpaired) electrons. The van der Waals surface area contributed by atoms with Gasteiger partial charge in [-0.2, -0.15) is 0 Å². The molecule has 4 rings (SSSR count). The highest BCUT2D eigenvalue weighted by Crippen LogP contribution is 2.26. The first kappa shape index (κ1) is 22.3. The predicted octanol–water partition coefficient (Wildman–Crippen LogP) is 3.19. The van der Waals surface area contributed by atoms with E-state index < -0.39 is 5.60 Å². The molecule has 3 aromatic heterocycles. The van der Waals surface area contributed by atoms with E-state index in [0.29, 0.717) is 29.4 Å². The Kier molecular flexibility index (Phi) is 6.59. The SMILES string of the molecule is CC(C)(O)C#Cc1nccc2c(NC[C@@H](N)Cc3ccccc3)nc(-c3ccncc3)nc12. The van der Waals surface area contributed by atoms with Crippen molar-refractivity contribution < 1.29 is 5.11 Å². The van der Waals surface area contributed by atoms with Crippen molar-refractivity contribution in [3.8, 4) is 23.2 Å². The van der Waals surface area contributed by atoms with Crippen molar-refractivity contribution in [2.24, 2.45) is 5.73 Å². The van der Waals surface area contributed by atoms with Gasteiger partial charge in [-0.3, -0.25) is 4.98 Å². The Morgan fingerprint density at radius 2 is 1.79 bits per heavy atom. The first-order valence-electron chi connectivity index (χ1n) is 10.7. The van der Waals surface area contributed by atoms with E-state index in [1.165, 1.54) is 5.56 Å². The van der Waals surface area contributed by atoms with Crippen LogP contribution in [0.5, 0.6) is 0 Å². The van der Waals surface area contributed by atoms with E-state index in [9.17, 15) is 5.11 Å². The third-order valence-electron chi connectivity index (χ3n) is 4.91. The highest BCUT2D eigenvalue weighted by molar-refractivity contribution is 5.93. The van der Waals surface area contributed by atoms with Crippen LogP contribution in [0.3, 0.4) is 0 Å². The molecule has 1 atom stereocenters. The largest absolute Gasteiger partial charge is 0.378 e. The summed E-state index contributed by atoms with van der Waals surface area (Å²) in [5.41, 5.74) is 8.35. The summed E-state index contributed by atoms with van der Waals surface area (Å²) in [7, 11) is 0. The molecule has 4 N–H and O–H groups in total. The number of aliphatic hydroxyl groups is 1. The lowest BCUT2D eigenvalue weighted by Gasteiger charge is -2.16. The summed E-state index contributed by atoms with van der Waals surface area (Å²) in [6, 6.07) is 15.6. The molecule has 166 valence electrons. The fourth-order valence-corrected chi connectivity index (χ4v) is 3.34. The number of pyridine rings is 2. The summed E-state index contributed by atoms with van der Waals surface area (Å²) < 4.78 is 0. The fraction of sp³-hybridized carbons (Fsp3) is 0.231. The van der Waals surface area contributed by atoms with Crippen molar-refractivity contribution in [1.29, 1.82) is 0 Å². The Morgan fingerprint density at radius 1 is 1.03 bits per heavy atom. The molecule has 0 amide bonds. The minimum Gasteiger partial charge on any atom is -0.378 e. The molecule has 4 aromatic rings. The summed E-state index contributed by atoms with van der Waals surface area (Å²) >= 11 is 0. The third-order valence-corrected chi connectivity index (χ3v) is 4.91. The maximum absolute atomic E-state index is 10.0. The minimum absolute atomic E-state index is 0.0990. The molecule has 0 unspecified atom stereocenters. The van der Waals surface area contributed by atoms with Crippen LogP contribution in [0, 0.1) is 11.8 Å². The first-order chi connectivity index (χ1) is 15.9. The van der Waals surface area contributed by atoms with Gasteiger partial charge in [-0.05, 0) is 50.0 Å². The van der Waals surface area contributed by atoms with Gasteiger partial charge in [0.25, 0.3) is 0 Å². The van der Waals surface area contributed by atoms with Crippen LogP contribution in [-0.4, -0.2) is 43.2 Å². The van der Waals surface area contributed by atoms with E-state index in [1.54, 1.807) is 32.4 Å². The average Bonchev–Trinajstić information content (AvgIpc) is 2.81. The number of nitrogens with zero attached hydrogens (tertiary/aromatic N) is 4. The molecule has 0 bridgehead atoms. The number of hydrogen-bond donors (Lipinski definition) is 3. The molecule has 1 aromatic carbocycles. The van der Waals surface area contributed by atoms with Crippen molar-refractivity contribution >= 4 is 16.7 Å². The molecule has 3 heterocycles. The van der Waals surface area contributed by atoms with Gasteiger partial charge in [-0.15, -0.1) is 0 Å². The molecular formula is C26H26N6O. The Labute approximate surface area is 193 Å². The smallest absolute Gasteiger partial charge is 0.162 e. The van der Waals surface area contributed by atoms with Crippen molar-refractivity contribution in [3.63, 3.8) is 0 Å². The van der Waals surface area contributed by atoms with Crippen LogP contribution in [0.1, 0.15) is 25.1 Å². The Morgan fingerprint density at radius 3 is 2.52 bits per heavy atom. The van der Waals surface area contributed by atoms with E-state index in [4.69, 9.17) is 15.7 Å². The van der Waals surface area contributed by atoms with Gasteiger partial charge < -0.3 is 16.2 Å². The zero-order chi connectivity index (χ0) is 23.3. The summed E-state index contributed by atoms with van der Waals surface area (Å²) in [4.78, 5) is 18.0. The second-order valence-electron chi connectivity index (χ2n) is 8.33. The number of nitrogens with one attached hydrogen (secondary N) is 1. The van der Waals surface area contributed by atoms with Crippen LogP contribution >= 0.6 is 0 Å². The van der Waals surface area contributed by atoms with Crippen molar-refractivity contribution in [2.45, 2.75) is 31.9 Å². The Bertz CT molecular complexity index is 1290. The van der Waals surface area contributed by atoms with Gasteiger partial charge in [-0.25, -0.2) is 15.0 Å². The fourth-order valence-electron chi connectivity index (χ4n) is 3.34. The molecule has 0 aliphatic carbocycles. The van der Waals surface area contributed by atoms with Gasteiger partial charge in [0, 0.05) is 42.1 Å². The molecule has 0 aliphatic rings. The lowest BCUT2D eigenvalue weighted by molar-refractivity contribution is 0.143. The highest BCUT2D eigenvalue weighted by Gasteiger charge is 2.14. The van der Waals surface area contributed by atoms with E-state index in [2.05, 4.69) is 39.3 Å². The Balaban J connectivity index is 1.71. The predicted molar refractivity (Wildman–Crippen MR) is 130 cm³/mol. The lowest BCUT2D eigenvalue weighted by Crippen LogP contribution is -2.31. The zero-order valence-electron chi connectivity index (χ0n) is 18.7. The normalized spacial score (nSPS) is 12.1. The quantitative estimate of drug-likeness (QED) is 0.397. The molecule has 7 nitrogen and oxygen atoms in total. The lowest BCUT2D eigenvalue weighted by atomic mass is 10.1. The van der Waals surface area contributed by atoms with Gasteiger partial charge >= 0.3 is 0 Å². The maximum atomic E-state index is 10.0. The number of aromatic nitrogens is 4. The van der Waals surface area contributed by atoms with Crippen LogP contribution in [0.4, 0.5) is 5.82 Å². The van der Waals surface area contributed by atoms with Gasteiger partial charge in [0.15, 0.2) is 5.82 Å². The minimum atomic E-state index is -1.14. The summed E-state index contributed by atoms with van der Waals surface area (Å²) in [6.45, 7) is 3.79. The van der Waals surface area contributed by atoms with Gasteiger partial charge in [0.05, 0.1) is 0 Å². The molecule has 0 fully saturated rings. The molecular weight excluding hydrogens is 412 g/mol. The van der Waals surface area contributed by atoms with E-state index >= 15 is 0 Å².